The number of amides is 1. The third-order valence-corrected chi connectivity index (χ3v) is 5.10. The number of hydrogen-bond acceptors (Lipinski definition) is 3. The lowest BCUT2D eigenvalue weighted by molar-refractivity contribution is -0.0129. The van der Waals surface area contributed by atoms with Crippen molar-refractivity contribution in [2.24, 2.45) is 11.7 Å². The summed E-state index contributed by atoms with van der Waals surface area (Å²) in [7, 11) is 0. The van der Waals surface area contributed by atoms with E-state index in [2.05, 4.69) is 29.2 Å². The van der Waals surface area contributed by atoms with Crippen LogP contribution < -0.4 is 5.73 Å². The van der Waals surface area contributed by atoms with E-state index in [1.165, 1.54) is 11.1 Å². The van der Waals surface area contributed by atoms with Crippen LogP contribution in [0.2, 0.25) is 0 Å². The Hall–Kier alpha value is -2.40. The van der Waals surface area contributed by atoms with Crippen LogP contribution in [0.4, 0.5) is 9.18 Å². The minimum atomic E-state index is -0.820. The molecule has 0 aliphatic carbocycles. The number of carbonyl (C=O) groups is 1. The van der Waals surface area contributed by atoms with E-state index in [1.54, 1.807) is 13.8 Å². The number of nitrogens with two attached hydrogens (primary N) is 1. The lowest BCUT2D eigenvalue weighted by Crippen LogP contribution is -2.40. The number of ether oxygens (including phenoxy) is 1. The Bertz CT molecular complexity index is 666. The zero-order valence-corrected chi connectivity index (χ0v) is 16.8. The van der Waals surface area contributed by atoms with Gasteiger partial charge in [0.05, 0.1) is 6.67 Å². The summed E-state index contributed by atoms with van der Waals surface area (Å²) in [4.78, 5) is 13.6. The van der Waals surface area contributed by atoms with E-state index in [0.29, 0.717) is 12.8 Å². The molecule has 2 aromatic rings. The summed E-state index contributed by atoms with van der Waals surface area (Å²) >= 11 is 0. The highest BCUT2D eigenvalue weighted by Gasteiger charge is 2.32. The number of nitrogens with zero attached hydrogens (tertiary/aromatic N) is 1. The van der Waals surface area contributed by atoms with Crippen LogP contribution >= 0.6 is 0 Å². The number of benzene rings is 2. The molecule has 2 aromatic carbocycles. The molecule has 0 saturated carbocycles. The average molecular weight is 387 g/mol. The summed E-state index contributed by atoms with van der Waals surface area (Å²) < 4.78 is 18.4. The standard InChI is InChI=1S/C23H31FN2O2/c1-23(2,28-22(25)27)21(13-15-24)14-16-26(17-19-9-5-3-6-10-19)18-20-11-7-4-8-12-20/h3-12,21H,13-18H2,1-2H3,(H2,25,27). The summed E-state index contributed by atoms with van der Waals surface area (Å²) in [6.07, 6.45) is 0.230. The average Bonchev–Trinajstić information content (AvgIpc) is 2.65. The maximum Gasteiger partial charge on any atom is 0.405 e. The first-order valence-corrected chi connectivity index (χ1v) is 9.75. The first-order chi connectivity index (χ1) is 13.4. The number of alkyl halides is 1. The molecule has 28 heavy (non-hydrogen) atoms. The van der Waals surface area contributed by atoms with Gasteiger partial charge in [-0.15, -0.1) is 0 Å². The van der Waals surface area contributed by atoms with Gasteiger partial charge in [-0.1, -0.05) is 60.7 Å². The molecule has 0 fully saturated rings. The van der Waals surface area contributed by atoms with Crippen molar-refractivity contribution in [1.82, 2.24) is 4.90 Å². The molecule has 4 nitrogen and oxygen atoms in total. The van der Waals surface area contributed by atoms with Gasteiger partial charge in [0.2, 0.25) is 0 Å². The molecule has 2 N–H and O–H groups in total. The van der Waals surface area contributed by atoms with Crippen molar-refractivity contribution in [3.05, 3.63) is 71.8 Å². The third-order valence-electron chi connectivity index (χ3n) is 5.10. The fourth-order valence-corrected chi connectivity index (χ4v) is 3.55. The Morgan fingerprint density at radius 2 is 1.50 bits per heavy atom. The van der Waals surface area contributed by atoms with Gasteiger partial charge in [-0.3, -0.25) is 9.29 Å². The number of carbonyl (C=O) groups excluding carboxylic acids is 1. The maximum atomic E-state index is 13.1. The second-order valence-corrected chi connectivity index (χ2v) is 7.67. The summed E-state index contributed by atoms with van der Waals surface area (Å²) in [5, 5.41) is 0. The molecule has 0 aliphatic rings. The smallest absolute Gasteiger partial charge is 0.405 e. The van der Waals surface area contributed by atoms with E-state index < -0.39 is 18.4 Å². The molecule has 0 saturated heterocycles. The molecular weight excluding hydrogens is 355 g/mol. The van der Waals surface area contributed by atoms with Crippen molar-refractivity contribution in [3.8, 4) is 0 Å². The summed E-state index contributed by atoms with van der Waals surface area (Å²) in [5.41, 5.74) is 6.86. The Kier molecular flexibility index (Phi) is 8.45. The van der Waals surface area contributed by atoms with Crippen molar-refractivity contribution in [2.75, 3.05) is 13.2 Å². The quantitative estimate of drug-likeness (QED) is 0.596. The Labute approximate surface area is 167 Å². The van der Waals surface area contributed by atoms with Gasteiger partial charge >= 0.3 is 6.09 Å². The van der Waals surface area contributed by atoms with Gasteiger partial charge in [0, 0.05) is 19.0 Å². The van der Waals surface area contributed by atoms with Gasteiger partial charge in [0.15, 0.2) is 0 Å². The van der Waals surface area contributed by atoms with Crippen molar-refractivity contribution in [3.63, 3.8) is 0 Å². The van der Waals surface area contributed by atoms with Crippen LogP contribution in [0.15, 0.2) is 60.7 Å². The Morgan fingerprint density at radius 3 is 1.93 bits per heavy atom. The van der Waals surface area contributed by atoms with E-state index in [1.807, 2.05) is 36.4 Å². The molecule has 152 valence electrons. The largest absolute Gasteiger partial charge is 0.443 e. The molecule has 5 heteroatoms. The van der Waals surface area contributed by atoms with Crippen molar-refractivity contribution >= 4 is 6.09 Å². The lowest BCUT2D eigenvalue weighted by atomic mass is 9.85. The van der Waals surface area contributed by atoms with Crippen LogP contribution in [0.3, 0.4) is 0 Å². The summed E-state index contributed by atoms with van der Waals surface area (Å²) in [5.74, 6) is -0.112. The van der Waals surface area contributed by atoms with E-state index in [-0.39, 0.29) is 5.92 Å². The van der Waals surface area contributed by atoms with Crippen LogP contribution in [0.1, 0.15) is 37.8 Å². The molecule has 1 atom stereocenters. The van der Waals surface area contributed by atoms with Crippen molar-refractivity contribution < 1.29 is 13.9 Å². The normalized spacial score (nSPS) is 12.7. The topological polar surface area (TPSA) is 55.6 Å². The SMILES string of the molecule is CC(C)(OC(N)=O)C(CCF)CCN(Cc1ccccc1)Cc1ccccc1. The van der Waals surface area contributed by atoms with Crippen LogP contribution in [0.5, 0.6) is 0 Å². The van der Waals surface area contributed by atoms with E-state index in [4.69, 9.17) is 10.5 Å². The molecular formula is C23H31FN2O2. The predicted octanol–water partition coefficient (Wildman–Crippen LogP) is 4.93. The van der Waals surface area contributed by atoms with Gasteiger partial charge in [-0.2, -0.15) is 0 Å². The maximum absolute atomic E-state index is 13.1. The minimum Gasteiger partial charge on any atom is -0.443 e. The van der Waals surface area contributed by atoms with Gasteiger partial charge in [-0.05, 0) is 44.4 Å². The second kappa shape index (κ2) is 10.8. The van der Waals surface area contributed by atoms with Crippen LogP contribution in [-0.4, -0.2) is 29.8 Å². The van der Waals surface area contributed by atoms with Crippen LogP contribution in [0.25, 0.3) is 0 Å². The number of halogens is 1. The van der Waals surface area contributed by atoms with E-state index in [9.17, 15) is 9.18 Å². The molecule has 0 heterocycles. The Balaban J connectivity index is 2.09. The van der Waals surface area contributed by atoms with Crippen molar-refractivity contribution in [1.29, 1.82) is 0 Å². The van der Waals surface area contributed by atoms with Gasteiger partial charge < -0.3 is 10.5 Å². The summed E-state index contributed by atoms with van der Waals surface area (Å²) in [6.45, 7) is 5.52. The molecule has 1 unspecified atom stereocenters. The fraction of sp³-hybridized carbons (Fsp3) is 0.435. The van der Waals surface area contributed by atoms with Gasteiger partial charge in [-0.25, -0.2) is 4.79 Å². The highest BCUT2D eigenvalue weighted by atomic mass is 19.1. The summed E-state index contributed by atoms with van der Waals surface area (Å²) in [6, 6.07) is 20.6. The predicted molar refractivity (Wildman–Crippen MR) is 110 cm³/mol. The number of rotatable bonds is 11. The fourth-order valence-electron chi connectivity index (χ4n) is 3.55. The highest BCUT2D eigenvalue weighted by Crippen LogP contribution is 2.28. The van der Waals surface area contributed by atoms with Crippen LogP contribution in [-0.2, 0) is 17.8 Å². The monoisotopic (exact) mass is 386 g/mol. The molecule has 0 aromatic heterocycles. The molecule has 0 aliphatic heterocycles. The van der Waals surface area contributed by atoms with E-state index >= 15 is 0 Å². The van der Waals surface area contributed by atoms with Gasteiger partial charge in [0.1, 0.15) is 5.60 Å². The molecule has 0 radical (unpaired) electrons. The third kappa shape index (κ3) is 7.31. The lowest BCUT2D eigenvalue weighted by Gasteiger charge is -2.34. The Morgan fingerprint density at radius 1 is 1.00 bits per heavy atom. The highest BCUT2D eigenvalue weighted by molar-refractivity contribution is 5.65. The van der Waals surface area contributed by atoms with E-state index in [0.717, 1.165) is 19.6 Å². The molecule has 1 amide bonds. The zero-order chi connectivity index (χ0) is 20.4. The molecule has 0 spiro atoms. The first kappa shape index (κ1) is 21.9. The second-order valence-electron chi connectivity index (χ2n) is 7.67. The number of primary amides is 1. The van der Waals surface area contributed by atoms with Crippen LogP contribution in [0, 0.1) is 5.92 Å². The first-order valence-electron chi connectivity index (χ1n) is 9.75. The number of hydrogen-bond donors (Lipinski definition) is 1. The minimum absolute atomic E-state index is 0.112. The van der Waals surface area contributed by atoms with Gasteiger partial charge in [0.25, 0.3) is 0 Å². The van der Waals surface area contributed by atoms with Crippen molar-refractivity contribution in [2.45, 2.75) is 45.4 Å². The molecule has 2 rings (SSSR count). The molecule has 0 bridgehead atoms. The zero-order valence-electron chi connectivity index (χ0n) is 16.8.